The van der Waals surface area contributed by atoms with Gasteiger partial charge < -0.3 is 30.5 Å². The molecular weight excluding hydrogens is 559 g/mol. The van der Waals surface area contributed by atoms with Gasteiger partial charge in [-0.05, 0) is 62.8 Å². The SMILES string of the molecule is C=CC(=O)Nc1cc(Nc2nccc(Nc3ccccc3P(C)C)n2)c(OC)cc1N1CCC(N2CCN(C)CC2)CC1. The number of likely N-dealkylation sites (N-methyl/N-ethyl adjacent to an activating group) is 1. The van der Waals surface area contributed by atoms with E-state index in [4.69, 9.17) is 9.72 Å². The van der Waals surface area contributed by atoms with Gasteiger partial charge in [0, 0.05) is 63.3 Å². The molecule has 0 saturated carbocycles. The molecule has 3 aromatic rings. The number of methoxy groups -OCH3 is 1. The molecule has 0 spiro atoms. The first kappa shape index (κ1) is 30.7. The second-order valence-electron chi connectivity index (χ2n) is 11.2. The van der Waals surface area contributed by atoms with Gasteiger partial charge in [0.25, 0.3) is 0 Å². The van der Waals surface area contributed by atoms with Crippen LogP contribution >= 0.6 is 7.92 Å². The average molecular weight is 603 g/mol. The minimum Gasteiger partial charge on any atom is -0.494 e. The predicted molar refractivity (Wildman–Crippen MR) is 180 cm³/mol. The van der Waals surface area contributed by atoms with Crippen LogP contribution in [-0.2, 0) is 4.79 Å². The monoisotopic (exact) mass is 602 g/mol. The lowest BCUT2D eigenvalue weighted by Crippen LogP contribution is -2.52. The minimum absolute atomic E-state index is 0.266. The minimum atomic E-state index is -0.284. The lowest BCUT2D eigenvalue weighted by Gasteiger charge is -2.43. The van der Waals surface area contributed by atoms with Crippen molar-refractivity contribution in [2.45, 2.75) is 18.9 Å². The molecule has 0 atom stereocenters. The number of anilines is 6. The molecule has 2 aliphatic rings. The number of nitrogens with zero attached hydrogens (tertiary/aromatic N) is 5. The van der Waals surface area contributed by atoms with E-state index < -0.39 is 0 Å². The molecule has 1 aromatic heterocycles. The Kier molecular flexibility index (Phi) is 10.1. The van der Waals surface area contributed by atoms with E-state index in [1.54, 1.807) is 13.3 Å². The molecule has 0 bridgehead atoms. The van der Waals surface area contributed by atoms with Gasteiger partial charge >= 0.3 is 0 Å². The Balaban J connectivity index is 1.36. The first-order valence-corrected chi connectivity index (χ1v) is 17.0. The fraction of sp³-hybridized carbons (Fsp3) is 0.406. The zero-order chi connectivity index (χ0) is 30.3. The van der Waals surface area contributed by atoms with Gasteiger partial charge in [0.2, 0.25) is 11.9 Å². The van der Waals surface area contributed by atoms with E-state index in [-0.39, 0.29) is 13.8 Å². The third-order valence-electron chi connectivity index (χ3n) is 8.17. The summed E-state index contributed by atoms with van der Waals surface area (Å²) in [6, 6.07) is 14.6. The van der Waals surface area contributed by atoms with Gasteiger partial charge in [0.15, 0.2) is 0 Å². The molecular formula is C32H43N8O2P. The van der Waals surface area contributed by atoms with Crippen LogP contribution in [0.5, 0.6) is 5.75 Å². The molecule has 5 rings (SSSR count). The Bertz CT molecular complexity index is 1420. The number of nitrogens with one attached hydrogen (secondary N) is 3. The van der Waals surface area contributed by atoms with Crippen LogP contribution in [0.3, 0.4) is 0 Å². The Labute approximate surface area is 256 Å². The maximum Gasteiger partial charge on any atom is 0.247 e. The first-order chi connectivity index (χ1) is 20.8. The highest BCUT2D eigenvalue weighted by molar-refractivity contribution is 7.64. The van der Waals surface area contributed by atoms with Crippen molar-refractivity contribution in [1.82, 2.24) is 19.8 Å². The summed E-state index contributed by atoms with van der Waals surface area (Å²) in [5.74, 6) is 1.47. The van der Waals surface area contributed by atoms with Crippen LogP contribution in [0.4, 0.5) is 34.5 Å². The number of amides is 1. The van der Waals surface area contributed by atoms with E-state index in [0.29, 0.717) is 34.9 Å². The zero-order valence-corrected chi connectivity index (χ0v) is 26.5. The maximum absolute atomic E-state index is 12.5. The van der Waals surface area contributed by atoms with Crippen LogP contribution in [0.2, 0.25) is 0 Å². The van der Waals surface area contributed by atoms with E-state index in [9.17, 15) is 4.79 Å². The van der Waals surface area contributed by atoms with Crippen molar-refractivity contribution in [2.24, 2.45) is 0 Å². The van der Waals surface area contributed by atoms with Gasteiger partial charge in [-0.1, -0.05) is 32.7 Å². The van der Waals surface area contributed by atoms with Crippen molar-refractivity contribution in [2.75, 3.05) is 87.6 Å². The molecule has 3 N–H and O–H groups in total. The first-order valence-electron chi connectivity index (χ1n) is 14.8. The highest BCUT2D eigenvalue weighted by atomic mass is 31.1. The van der Waals surface area contributed by atoms with Crippen LogP contribution in [-0.4, -0.2) is 98.5 Å². The Morgan fingerprint density at radius 3 is 2.44 bits per heavy atom. The number of carbonyl (C=O) groups is 1. The van der Waals surface area contributed by atoms with Gasteiger partial charge in [-0.15, -0.1) is 0 Å². The molecule has 2 saturated heterocycles. The van der Waals surface area contributed by atoms with E-state index in [0.717, 1.165) is 63.5 Å². The lowest BCUT2D eigenvalue weighted by molar-refractivity contribution is -0.111. The molecule has 0 radical (unpaired) electrons. The van der Waals surface area contributed by atoms with E-state index >= 15 is 0 Å². The average Bonchev–Trinajstić information content (AvgIpc) is 3.02. The molecule has 0 aliphatic carbocycles. The molecule has 228 valence electrons. The normalized spacial score (nSPS) is 16.6. The molecule has 11 heteroatoms. The van der Waals surface area contributed by atoms with Gasteiger partial charge in [-0.2, -0.15) is 4.98 Å². The summed E-state index contributed by atoms with van der Waals surface area (Å²) >= 11 is 0. The van der Waals surface area contributed by atoms with Crippen LogP contribution < -0.4 is 30.9 Å². The fourth-order valence-corrected chi connectivity index (χ4v) is 6.75. The largest absolute Gasteiger partial charge is 0.494 e. The molecule has 3 heterocycles. The topological polar surface area (TPSA) is 97.9 Å². The number of ether oxygens (including phenoxy) is 1. The number of rotatable bonds is 10. The third-order valence-corrected chi connectivity index (χ3v) is 9.52. The van der Waals surface area contributed by atoms with Crippen molar-refractivity contribution < 1.29 is 9.53 Å². The number of hydrogen-bond donors (Lipinski definition) is 3. The van der Waals surface area contributed by atoms with Crippen LogP contribution in [0.25, 0.3) is 0 Å². The Morgan fingerprint density at radius 2 is 1.74 bits per heavy atom. The molecule has 43 heavy (non-hydrogen) atoms. The molecule has 2 aromatic carbocycles. The van der Waals surface area contributed by atoms with E-state index in [2.05, 4.69) is 80.8 Å². The summed E-state index contributed by atoms with van der Waals surface area (Å²) in [5, 5.41) is 11.1. The lowest BCUT2D eigenvalue weighted by atomic mass is 10.0. The second kappa shape index (κ2) is 14.2. The fourth-order valence-electron chi connectivity index (χ4n) is 5.76. The van der Waals surface area contributed by atoms with Crippen molar-refractivity contribution >= 4 is 53.6 Å². The van der Waals surface area contributed by atoms with E-state index in [1.807, 2.05) is 24.3 Å². The van der Waals surface area contributed by atoms with Gasteiger partial charge in [0.05, 0.1) is 24.2 Å². The molecule has 2 fully saturated rings. The Morgan fingerprint density at radius 1 is 1.00 bits per heavy atom. The standard InChI is InChI=1S/C32H43N8O2P/c1-6-31(41)35-25-21-26(36-32-33-14-11-30(37-32)34-24-9-7-8-10-29(24)43(4)5)28(42-3)22-27(25)40-15-12-23(13-16-40)39-19-17-38(2)18-20-39/h6-11,14,21-23H,1,12-13,15-20H2,2-5H3,(H,35,41)(H2,33,34,36,37). The van der Waals surface area contributed by atoms with Crippen LogP contribution in [0, 0.1) is 0 Å². The molecule has 0 unspecified atom stereocenters. The quantitative estimate of drug-likeness (QED) is 0.226. The van der Waals surface area contributed by atoms with Crippen LogP contribution in [0.15, 0.2) is 61.3 Å². The highest BCUT2D eigenvalue weighted by Crippen LogP contribution is 2.39. The van der Waals surface area contributed by atoms with Crippen molar-refractivity contribution in [3.05, 3.63) is 61.3 Å². The summed E-state index contributed by atoms with van der Waals surface area (Å²) in [7, 11) is 3.56. The van der Waals surface area contributed by atoms with E-state index in [1.165, 1.54) is 11.4 Å². The molecule has 10 nitrogen and oxygen atoms in total. The smallest absolute Gasteiger partial charge is 0.247 e. The number of piperidine rings is 1. The summed E-state index contributed by atoms with van der Waals surface area (Å²) in [5.41, 5.74) is 3.31. The number of para-hydroxylation sites is 1. The van der Waals surface area contributed by atoms with Crippen LogP contribution in [0.1, 0.15) is 12.8 Å². The molecule has 2 aliphatic heterocycles. The van der Waals surface area contributed by atoms with Gasteiger partial charge in [-0.3, -0.25) is 9.69 Å². The third kappa shape index (κ3) is 7.63. The maximum atomic E-state index is 12.5. The van der Waals surface area contributed by atoms with Gasteiger partial charge in [0.1, 0.15) is 11.6 Å². The summed E-state index contributed by atoms with van der Waals surface area (Å²) in [4.78, 5) is 29.0. The van der Waals surface area contributed by atoms with Crippen molar-refractivity contribution in [3.63, 3.8) is 0 Å². The predicted octanol–water partition coefficient (Wildman–Crippen LogP) is 4.68. The highest BCUT2D eigenvalue weighted by Gasteiger charge is 2.28. The second-order valence-corrected chi connectivity index (χ2v) is 13.5. The summed E-state index contributed by atoms with van der Waals surface area (Å²) in [6.07, 6.45) is 5.16. The number of hydrogen-bond acceptors (Lipinski definition) is 9. The van der Waals surface area contributed by atoms with Crippen molar-refractivity contribution in [1.29, 1.82) is 0 Å². The summed E-state index contributed by atoms with van der Waals surface area (Å²) in [6.45, 7) is 14.4. The number of piperazine rings is 1. The zero-order valence-electron chi connectivity index (χ0n) is 25.6. The van der Waals surface area contributed by atoms with Crippen molar-refractivity contribution in [3.8, 4) is 5.75 Å². The van der Waals surface area contributed by atoms with Gasteiger partial charge in [-0.25, -0.2) is 4.98 Å². The Hall–Kier alpha value is -3.72. The summed E-state index contributed by atoms with van der Waals surface area (Å²) < 4.78 is 5.83. The number of aromatic nitrogens is 2. The number of carbonyl (C=O) groups excluding carboxylic acids is 1. The molecule has 1 amide bonds. The number of benzene rings is 2.